The summed E-state index contributed by atoms with van der Waals surface area (Å²) in [6.07, 6.45) is 1.56. The van der Waals surface area contributed by atoms with Crippen molar-refractivity contribution in [2.75, 3.05) is 0 Å². The van der Waals surface area contributed by atoms with Crippen LogP contribution in [0.2, 0.25) is 0 Å². The van der Waals surface area contributed by atoms with Crippen molar-refractivity contribution in [1.82, 2.24) is 19.9 Å². The maximum atomic E-state index is 14.6. The van der Waals surface area contributed by atoms with Crippen LogP contribution in [0.5, 0.6) is 0 Å². The zero-order valence-electron chi connectivity index (χ0n) is 17.3. The number of rotatable bonds is 8. The summed E-state index contributed by atoms with van der Waals surface area (Å²) in [7, 11) is 0. The predicted molar refractivity (Wildman–Crippen MR) is 106 cm³/mol. The molecule has 0 aliphatic heterocycles. The molecule has 7 nitrogen and oxygen atoms in total. The number of nitrogens with zero attached hydrogens (tertiary/aromatic N) is 4. The molecule has 0 fully saturated rings. The Hall–Kier alpha value is -3.57. The smallest absolute Gasteiger partial charge is 0.163 e. The first-order chi connectivity index (χ1) is 15.8. The van der Waals surface area contributed by atoms with E-state index in [2.05, 4.69) is 15.2 Å². The minimum absolute atomic E-state index is 0.180. The quantitative estimate of drug-likeness (QED) is 0.399. The van der Waals surface area contributed by atoms with Crippen molar-refractivity contribution in [1.29, 1.82) is 0 Å². The molecule has 0 aliphatic carbocycles. The van der Waals surface area contributed by atoms with E-state index in [0.717, 1.165) is 24.3 Å². The molecule has 172 valence electrons. The fourth-order valence-electron chi connectivity index (χ4n) is 3.35. The predicted octanol–water partition coefficient (Wildman–Crippen LogP) is 3.98. The maximum Gasteiger partial charge on any atom is 0.163 e. The highest BCUT2D eigenvalue weighted by molar-refractivity contribution is 5.58. The normalized spacial score (nSPS) is 14.2. The molecule has 2 unspecified atom stereocenters. The fourth-order valence-corrected chi connectivity index (χ4v) is 3.35. The fraction of sp³-hybridized carbons (Fsp3) is 0.227. The molecule has 0 bridgehead atoms. The summed E-state index contributed by atoms with van der Waals surface area (Å²) in [5.41, 5.74) is -1.59. The van der Waals surface area contributed by atoms with Gasteiger partial charge < -0.3 is 14.4 Å². The van der Waals surface area contributed by atoms with E-state index in [9.17, 15) is 22.7 Å². The third-order valence-corrected chi connectivity index (χ3v) is 5.19. The molecule has 0 aliphatic rings. The molecule has 33 heavy (non-hydrogen) atoms. The van der Waals surface area contributed by atoms with Crippen molar-refractivity contribution in [3.63, 3.8) is 0 Å². The Morgan fingerprint density at radius 3 is 2.58 bits per heavy atom. The average Bonchev–Trinajstić information content (AvgIpc) is 3.46. The Morgan fingerprint density at radius 1 is 1.06 bits per heavy atom. The molecule has 4 rings (SSSR count). The number of hydrogen-bond acceptors (Lipinski definition) is 6. The summed E-state index contributed by atoms with van der Waals surface area (Å²) in [6, 6.07) is 7.60. The number of benzene rings is 2. The van der Waals surface area contributed by atoms with Crippen LogP contribution >= 0.6 is 0 Å². The molecule has 0 saturated carbocycles. The lowest BCUT2D eigenvalue weighted by Gasteiger charge is -2.34. The van der Waals surface area contributed by atoms with Crippen LogP contribution in [-0.4, -0.2) is 31.1 Å². The number of hydrogen-bond donors (Lipinski definition) is 1. The Morgan fingerprint density at radius 2 is 1.88 bits per heavy atom. The van der Waals surface area contributed by atoms with E-state index in [1.165, 1.54) is 36.4 Å². The molecule has 1 N–H and O–H groups in total. The summed E-state index contributed by atoms with van der Waals surface area (Å²) in [4.78, 5) is 3.81. The maximum absolute atomic E-state index is 14.6. The van der Waals surface area contributed by atoms with Gasteiger partial charge in [0.05, 0.1) is 12.6 Å². The topological polar surface area (TPSA) is 86.2 Å². The third kappa shape index (κ3) is 4.78. The minimum Gasteiger partial charge on any atom is -0.380 e. The van der Waals surface area contributed by atoms with Crippen molar-refractivity contribution in [3.8, 4) is 11.3 Å². The average molecular weight is 462 g/mol. The SMILES string of the molecule is CC(OCc1cc(-c2ccc(F)c(F)c2)no1)C(O)(Cn1cncn1)c1ccc(F)cc1F. The van der Waals surface area contributed by atoms with Crippen LogP contribution in [0.15, 0.2) is 59.6 Å². The van der Waals surface area contributed by atoms with E-state index in [1.807, 2.05) is 0 Å². The van der Waals surface area contributed by atoms with Crippen molar-refractivity contribution in [2.45, 2.75) is 31.8 Å². The summed E-state index contributed by atoms with van der Waals surface area (Å²) < 4.78 is 66.8. The Kier molecular flexibility index (Phi) is 6.25. The molecule has 11 heteroatoms. The van der Waals surface area contributed by atoms with Gasteiger partial charge in [0, 0.05) is 23.3 Å². The van der Waals surface area contributed by atoms with Gasteiger partial charge in [-0.1, -0.05) is 11.2 Å². The number of halogens is 4. The summed E-state index contributed by atoms with van der Waals surface area (Å²) >= 11 is 0. The highest BCUT2D eigenvalue weighted by Crippen LogP contribution is 2.32. The molecule has 0 amide bonds. The molecule has 2 aromatic heterocycles. The molecule has 2 heterocycles. The lowest BCUT2D eigenvalue weighted by atomic mass is 9.88. The second kappa shape index (κ2) is 9.12. The summed E-state index contributed by atoms with van der Waals surface area (Å²) in [6.45, 7) is 1.10. The molecular formula is C22H18F4N4O3. The van der Waals surface area contributed by atoms with Gasteiger partial charge in [0.1, 0.15) is 42.2 Å². The molecule has 2 aromatic carbocycles. The van der Waals surface area contributed by atoms with E-state index in [-0.39, 0.29) is 30.2 Å². The first-order valence-corrected chi connectivity index (χ1v) is 9.79. The number of aromatic nitrogens is 4. The minimum atomic E-state index is -1.95. The van der Waals surface area contributed by atoms with Gasteiger partial charge in [-0.25, -0.2) is 27.2 Å². The molecule has 0 spiro atoms. The number of aliphatic hydroxyl groups is 1. The van der Waals surface area contributed by atoms with Crippen LogP contribution in [0.4, 0.5) is 17.6 Å². The van der Waals surface area contributed by atoms with E-state index in [4.69, 9.17) is 9.26 Å². The first kappa shape index (κ1) is 22.6. The lowest BCUT2D eigenvalue weighted by molar-refractivity contribution is -0.126. The van der Waals surface area contributed by atoms with Gasteiger partial charge in [-0.2, -0.15) is 5.10 Å². The molecular weight excluding hydrogens is 444 g/mol. The molecule has 2 atom stereocenters. The third-order valence-electron chi connectivity index (χ3n) is 5.19. The van der Waals surface area contributed by atoms with Gasteiger partial charge in [-0.15, -0.1) is 0 Å². The Bertz CT molecular complexity index is 1250. The second-order valence-corrected chi connectivity index (χ2v) is 7.40. The zero-order valence-corrected chi connectivity index (χ0v) is 17.3. The monoisotopic (exact) mass is 462 g/mol. The number of ether oxygens (including phenoxy) is 1. The van der Waals surface area contributed by atoms with Gasteiger partial charge in [-0.3, -0.25) is 0 Å². The molecule has 0 saturated heterocycles. The lowest BCUT2D eigenvalue weighted by Crippen LogP contribution is -2.44. The highest BCUT2D eigenvalue weighted by Gasteiger charge is 2.40. The summed E-state index contributed by atoms with van der Waals surface area (Å²) in [5.74, 6) is -3.53. The second-order valence-electron chi connectivity index (χ2n) is 7.40. The van der Waals surface area contributed by atoms with Gasteiger partial charge in [-0.05, 0) is 31.2 Å². The van der Waals surface area contributed by atoms with E-state index >= 15 is 0 Å². The van der Waals surface area contributed by atoms with Crippen molar-refractivity contribution < 1.29 is 31.9 Å². The van der Waals surface area contributed by atoms with Crippen LogP contribution in [0.25, 0.3) is 11.3 Å². The van der Waals surface area contributed by atoms with Crippen LogP contribution < -0.4 is 0 Å². The Balaban J connectivity index is 1.54. The van der Waals surface area contributed by atoms with Crippen molar-refractivity contribution in [2.24, 2.45) is 0 Å². The van der Waals surface area contributed by atoms with Crippen molar-refractivity contribution in [3.05, 3.63) is 89.7 Å². The first-order valence-electron chi connectivity index (χ1n) is 9.79. The van der Waals surface area contributed by atoms with Crippen LogP contribution in [0.1, 0.15) is 18.2 Å². The van der Waals surface area contributed by atoms with Crippen molar-refractivity contribution >= 4 is 0 Å². The van der Waals surface area contributed by atoms with E-state index in [0.29, 0.717) is 11.6 Å². The van der Waals surface area contributed by atoms with Gasteiger partial charge in [0.25, 0.3) is 0 Å². The van der Waals surface area contributed by atoms with Crippen LogP contribution in [0.3, 0.4) is 0 Å². The Labute approximate surface area is 185 Å². The van der Waals surface area contributed by atoms with Gasteiger partial charge >= 0.3 is 0 Å². The van der Waals surface area contributed by atoms with Crippen LogP contribution in [0, 0.1) is 23.3 Å². The largest absolute Gasteiger partial charge is 0.380 e. The zero-order chi connectivity index (χ0) is 23.6. The summed E-state index contributed by atoms with van der Waals surface area (Å²) in [5, 5.41) is 19.2. The van der Waals surface area contributed by atoms with E-state index < -0.39 is 35.0 Å². The molecule has 4 aromatic rings. The van der Waals surface area contributed by atoms with Gasteiger partial charge in [0.15, 0.2) is 17.4 Å². The van der Waals surface area contributed by atoms with Gasteiger partial charge in [0.2, 0.25) is 0 Å². The highest BCUT2D eigenvalue weighted by atomic mass is 19.2. The molecule has 0 radical (unpaired) electrons. The van der Waals surface area contributed by atoms with E-state index in [1.54, 1.807) is 0 Å². The van der Waals surface area contributed by atoms with Crippen LogP contribution in [-0.2, 0) is 23.5 Å². The standard InChI is InChI=1S/C22H18F4N4O3/c1-13(32-9-16-8-21(29-33-16)14-2-5-18(24)20(26)6-14)22(31,10-30-12-27-11-28-30)17-4-3-15(23)7-19(17)25/h2-8,11-13,31H,9-10H2,1H3.